The van der Waals surface area contributed by atoms with Crippen molar-refractivity contribution in [2.45, 2.75) is 78.1 Å². The van der Waals surface area contributed by atoms with Gasteiger partial charge in [-0.2, -0.15) is 0 Å². The molecule has 0 radical (unpaired) electrons. The predicted octanol–water partition coefficient (Wildman–Crippen LogP) is -1.68. The molecule has 0 atom stereocenters. The second-order valence-electron chi connectivity index (χ2n) is 5.31. The molecule has 0 heterocycles. The zero-order chi connectivity index (χ0) is 14.7. The molecule has 0 aromatic rings. The molecular formula is C15H30KNaO4. The van der Waals surface area contributed by atoms with Crippen LogP contribution in [-0.2, 0) is 9.59 Å². The van der Waals surface area contributed by atoms with Gasteiger partial charge in [-0.15, -0.1) is 0 Å². The van der Waals surface area contributed by atoms with Crippen molar-refractivity contribution >= 4 is 11.9 Å². The van der Waals surface area contributed by atoms with Crippen molar-refractivity contribution in [3.63, 3.8) is 0 Å². The average molecular weight is 336 g/mol. The fourth-order valence-corrected chi connectivity index (χ4v) is 2.35. The Bertz CT molecular complexity index is 267. The van der Waals surface area contributed by atoms with Gasteiger partial charge in [-0.05, 0) is 12.8 Å². The van der Waals surface area contributed by atoms with Gasteiger partial charge in [0.2, 0.25) is 0 Å². The Kier molecular flexibility index (Phi) is 21.5. The summed E-state index contributed by atoms with van der Waals surface area (Å²) in [6, 6.07) is 0. The summed E-state index contributed by atoms with van der Waals surface area (Å²) in [4.78, 5) is 22.8. The van der Waals surface area contributed by atoms with Crippen LogP contribution in [0.1, 0.15) is 80.9 Å². The number of rotatable bonds is 12. The van der Waals surface area contributed by atoms with E-state index in [2.05, 4.69) is 13.8 Å². The number of unbranched alkanes of at least 4 members (excludes halogenated alkanes) is 6. The average Bonchev–Trinajstić information content (AvgIpc) is 2.36. The first-order chi connectivity index (χ1) is 9.01. The zero-order valence-corrected chi connectivity index (χ0v) is 19.4. The van der Waals surface area contributed by atoms with Crippen molar-refractivity contribution in [2.24, 2.45) is 5.41 Å². The fraction of sp³-hybridized carbons (Fsp3) is 0.867. The Morgan fingerprint density at radius 2 is 1.14 bits per heavy atom. The quantitative estimate of drug-likeness (QED) is 0.254. The molecule has 0 saturated heterocycles. The molecule has 0 spiro atoms. The molecule has 0 amide bonds. The topological polar surface area (TPSA) is 74.6 Å². The molecule has 0 rings (SSSR count). The molecule has 4 nitrogen and oxygen atoms in total. The van der Waals surface area contributed by atoms with Gasteiger partial charge in [-0.3, -0.25) is 9.59 Å². The smallest absolute Gasteiger partial charge is 1.00 e. The third-order valence-corrected chi connectivity index (χ3v) is 3.73. The molecule has 0 aromatic heterocycles. The molecule has 116 valence electrons. The second-order valence-corrected chi connectivity index (χ2v) is 5.31. The van der Waals surface area contributed by atoms with Crippen LogP contribution < -0.4 is 80.9 Å². The SMILES string of the molecule is CCCCCCC(CCCCCC)(C(=O)O)C(=O)O.[H-].[H-].[K+].[Na+]. The minimum Gasteiger partial charge on any atom is -1.00 e. The van der Waals surface area contributed by atoms with E-state index in [1.54, 1.807) is 0 Å². The maximum absolute atomic E-state index is 11.4. The minimum absolute atomic E-state index is 0. The van der Waals surface area contributed by atoms with Crippen LogP contribution in [0.4, 0.5) is 0 Å². The molecule has 0 aliphatic rings. The minimum atomic E-state index is -1.57. The molecule has 0 unspecified atom stereocenters. The van der Waals surface area contributed by atoms with Crippen molar-refractivity contribution in [1.82, 2.24) is 0 Å². The molecular weight excluding hydrogens is 306 g/mol. The van der Waals surface area contributed by atoms with Crippen LogP contribution in [0, 0.1) is 5.41 Å². The normalized spacial score (nSPS) is 10.4. The third-order valence-electron chi connectivity index (χ3n) is 3.73. The summed E-state index contributed by atoms with van der Waals surface area (Å²) >= 11 is 0. The number of carbonyl (C=O) groups is 2. The van der Waals surface area contributed by atoms with E-state index >= 15 is 0 Å². The van der Waals surface area contributed by atoms with E-state index in [1.807, 2.05) is 0 Å². The maximum atomic E-state index is 11.4. The maximum Gasteiger partial charge on any atom is 1.00 e. The van der Waals surface area contributed by atoms with Crippen molar-refractivity contribution in [1.29, 1.82) is 0 Å². The summed E-state index contributed by atoms with van der Waals surface area (Å²) in [5, 5.41) is 18.7. The molecule has 0 aliphatic heterocycles. The molecule has 21 heavy (non-hydrogen) atoms. The Balaban J connectivity index is -0.000000270. The zero-order valence-electron chi connectivity index (χ0n) is 16.3. The summed E-state index contributed by atoms with van der Waals surface area (Å²) < 4.78 is 0. The largest absolute Gasteiger partial charge is 1.00 e. The third kappa shape index (κ3) is 10.9. The second kappa shape index (κ2) is 16.4. The van der Waals surface area contributed by atoms with Crippen molar-refractivity contribution in [3.8, 4) is 0 Å². The molecule has 0 saturated carbocycles. The predicted molar refractivity (Wildman–Crippen MR) is 77.4 cm³/mol. The van der Waals surface area contributed by atoms with Gasteiger partial charge >= 0.3 is 92.9 Å². The van der Waals surface area contributed by atoms with Gasteiger partial charge in [0.15, 0.2) is 5.41 Å². The summed E-state index contributed by atoms with van der Waals surface area (Å²) in [5.41, 5.74) is -1.57. The first kappa shape index (κ1) is 27.4. The number of aliphatic carboxylic acids is 2. The molecule has 0 aromatic carbocycles. The summed E-state index contributed by atoms with van der Waals surface area (Å²) in [6.07, 6.45) is 7.87. The van der Waals surface area contributed by atoms with Crippen molar-refractivity contribution in [3.05, 3.63) is 0 Å². The van der Waals surface area contributed by atoms with Crippen LogP contribution in [0.3, 0.4) is 0 Å². The van der Waals surface area contributed by atoms with E-state index in [0.717, 1.165) is 38.5 Å². The van der Waals surface area contributed by atoms with Gasteiger partial charge in [0.25, 0.3) is 0 Å². The van der Waals surface area contributed by atoms with Gasteiger partial charge in [0.05, 0.1) is 0 Å². The van der Waals surface area contributed by atoms with Crippen LogP contribution in [0.5, 0.6) is 0 Å². The van der Waals surface area contributed by atoms with E-state index in [4.69, 9.17) is 0 Å². The van der Waals surface area contributed by atoms with Gasteiger partial charge in [0.1, 0.15) is 0 Å². The summed E-state index contributed by atoms with van der Waals surface area (Å²) in [5.74, 6) is -2.35. The van der Waals surface area contributed by atoms with E-state index in [0.29, 0.717) is 12.8 Å². The Morgan fingerprint density at radius 3 is 1.38 bits per heavy atom. The number of hydrogen-bond donors (Lipinski definition) is 2. The number of hydrogen-bond acceptors (Lipinski definition) is 2. The van der Waals surface area contributed by atoms with E-state index in [9.17, 15) is 19.8 Å². The van der Waals surface area contributed by atoms with Gasteiger partial charge < -0.3 is 13.1 Å². The Hall–Kier alpha value is 1.58. The fourth-order valence-electron chi connectivity index (χ4n) is 2.35. The summed E-state index contributed by atoms with van der Waals surface area (Å²) in [6.45, 7) is 4.15. The number of carboxylic acid groups (broad SMARTS) is 2. The van der Waals surface area contributed by atoms with Crippen LogP contribution in [-0.4, -0.2) is 22.2 Å². The van der Waals surface area contributed by atoms with Crippen LogP contribution in [0.15, 0.2) is 0 Å². The monoisotopic (exact) mass is 336 g/mol. The van der Waals surface area contributed by atoms with Gasteiger partial charge in [0, 0.05) is 0 Å². The van der Waals surface area contributed by atoms with Gasteiger partial charge in [-0.1, -0.05) is 65.2 Å². The van der Waals surface area contributed by atoms with E-state index < -0.39 is 17.4 Å². The first-order valence-corrected chi connectivity index (χ1v) is 7.48. The van der Waals surface area contributed by atoms with Crippen LogP contribution in [0.25, 0.3) is 0 Å². The molecule has 6 heteroatoms. The van der Waals surface area contributed by atoms with Crippen molar-refractivity contribution in [2.75, 3.05) is 0 Å². The first-order valence-electron chi connectivity index (χ1n) is 7.48. The van der Waals surface area contributed by atoms with E-state index in [-0.39, 0.29) is 96.6 Å². The molecule has 0 fully saturated rings. The summed E-state index contributed by atoms with van der Waals surface area (Å²) in [7, 11) is 0. The number of carboxylic acids is 2. The standard InChI is InChI=1S/C15H28O4.K.Na.2H/c1-3-5-7-9-11-15(13(16)17,14(18)19)12-10-8-6-4-2;;;;/h3-12H2,1-2H3,(H,16,17)(H,18,19);;;;/q;2*+1;2*-1. The Labute approximate surface area is 196 Å². The van der Waals surface area contributed by atoms with Gasteiger partial charge in [-0.25, -0.2) is 0 Å². The van der Waals surface area contributed by atoms with Crippen LogP contribution in [0.2, 0.25) is 0 Å². The molecule has 0 aliphatic carbocycles. The van der Waals surface area contributed by atoms with Crippen LogP contribution >= 0.6 is 0 Å². The van der Waals surface area contributed by atoms with Crippen molar-refractivity contribution < 1.29 is 104 Å². The van der Waals surface area contributed by atoms with E-state index in [1.165, 1.54) is 0 Å². The molecule has 2 N–H and O–H groups in total. The molecule has 0 bridgehead atoms. The Morgan fingerprint density at radius 1 is 0.810 bits per heavy atom.